The summed E-state index contributed by atoms with van der Waals surface area (Å²) >= 11 is 0. The molecule has 0 heterocycles. The third-order valence-corrected chi connectivity index (χ3v) is 2.05. The Labute approximate surface area is 86.5 Å². The van der Waals surface area contributed by atoms with Crippen molar-refractivity contribution in [1.29, 1.82) is 0 Å². The average Bonchev–Trinajstić information content (AvgIpc) is 2.16. The van der Waals surface area contributed by atoms with Crippen molar-refractivity contribution in [3.63, 3.8) is 0 Å². The summed E-state index contributed by atoms with van der Waals surface area (Å²) < 4.78 is 4.92. The molecule has 0 radical (unpaired) electrons. The van der Waals surface area contributed by atoms with Gasteiger partial charge in [0.05, 0.1) is 0 Å². The number of carbonyl (C=O) groups excluding carboxylic acids is 1. The Bertz CT molecular complexity index is 190. The first-order valence-electron chi connectivity index (χ1n) is 5.11. The molecule has 0 bridgehead atoms. The topological polar surface area (TPSA) is 38.3 Å². The largest absolute Gasteiger partial charge is 0.461 e. The van der Waals surface area contributed by atoms with Crippen molar-refractivity contribution in [2.75, 3.05) is 19.7 Å². The van der Waals surface area contributed by atoms with Crippen LogP contribution in [0.15, 0.2) is 12.2 Å². The second kappa shape index (κ2) is 7.56. The van der Waals surface area contributed by atoms with Crippen LogP contribution in [0.4, 0.5) is 0 Å². The summed E-state index contributed by atoms with van der Waals surface area (Å²) in [7, 11) is 0. The zero-order valence-electron chi connectivity index (χ0n) is 9.43. The zero-order valence-corrected chi connectivity index (χ0v) is 9.43. The first-order chi connectivity index (χ1) is 6.57. The van der Waals surface area contributed by atoms with Gasteiger partial charge in [-0.25, -0.2) is 4.79 Å². The molecule has 1 N–H and O–H groups in total. The number of rotatable bonds is 7. The van der Waals surface area contributed by atoms with Gasteiger partial charge in [-0.3, -0.25) is 0 Å². The highest BCUT2D eigenvalue weighted by Gasteiger charge is 2.02. The van der Waals surface area contributed by atoms with Crippen LogP contribution in [-0.2, 0) is 9.53 Å². The molecule has 1 atom stereocenters. The van der Waals surface area contributed by atoms with Gasteiger partial charge in [-0.05, 0) is 19.4 Å². The van der Waals surface area contributed by atoms with Crippen LogP contribution in [0, 0.1) is 5.92 Å². The lowest BCUT2D eigenvalue weighted by Gasteiger charge is -2.10. The lowest BCUT2D eigenvalue weighted by Crippen LogP contribution is -2.25. The summed E-state index contributed by atoms with van der Waals surface area (Å²) in [6.07, 6.45) is 1.17. The standard InChI is InChI=1S/C11H21NO2/c1-5-10(4)8-12-6-7-14-11(13)9(2)3/h10,12H,2,5-8H2,1,3-4H3. The van der Waals surface area contributed by atoms with E-state index in [-0.39, 0.29) is 5.97 Å². The van der Waals surface area contributed by atoms with Crippen LogP contribution in [-0.4, -0.2) is 25.7 Å². The van der Waals surface area contributed by atoms with Gasteiger partial charge in [0.25, 0.3) is 0 Å². The summed E-state index contributed by atoms with van der Waals surface area (Å²) in [6.45, 7) is 11.6. The predicted octanol–water partition coefficient (Wildman–Crippen LogP) is 1.74. The molecule has 0 aliphatic rings. The van der Waals surface area contributed by atoms with E-state index >= 15 is 0 Å². The Morgan fingerprint density at radius 2 is 2.21 bits per heavy atom. The van der Waals surface area contributed by atoms with Gasteiger partial charge in [0, 0.05) is 12.1 Å². The van der Waals surface area contributed by atoms with Gasteiger partial charge >= 0.3 is 5.97 Å². The Morgan fingerprint density at radius 3 is 2.71 bits per heavy atom. The molecule has 14 heavy (non-hydrogen) atoms. The fourth-order valence-corrected chi connectivity index (χ4v) is 0.832. The van der Waals surface area contributed by atoms with Crippen molar-refractivity contribution in [3.05, 3.63) is 12.2 Å². The summed E-state index contributed by atoms with van der Waals surface area (Å²) in [5.74, 6) is 0.363. The third kappa shape index (κ3) is 6.66. The normalized spacial score (nSPS) is 12.2. The Balaban J connectivity index is 3.30. The van der Waals surface area contributed by atoms with Crippen molar-refractivity contribution < 1.29 is 9.53 Å². The van der Waals surface area contributed by atoms with Crippen LogP contribution in [0.5, 0.6) is 0 Å². The SMILES string of the molecule is C=C(C)C(=O)OCCNCC(C)CC. The second-order valence-corrected chi connectivity index (χ2v) is 3.63. The summed E-state index contributed by atoms with van der Waals surface area (Å²) in [5.41, 5.74) is 0.451. The molecule has 0 rings (SSSR count). The van der Waals surface area contributed by atoms with Gasteiger partial charge in [0.1, 0.15) is 6.61 Å². The fourth-order valence-electron chi connectivity index (χ4n) is 0.832. The quantitative estimate of drug-likeness (QED) is 0.385. The molecular formula is C11H21NO2. The molecular weight excluding hydrogens is 178 g/mol. The predicted molar refractivity (Wildman–Crippen MR) is 58.1 cm³/mol. The molecule has 3 nitrogen and oxygen atoms in total. The van der Waals surface area contributed by atoms with Gasteiger partial charge in [-0.2, -0.15) is 0 Å². The van der Waals surface area contributed by atoms with Gasteiger partial charge in [0.2, 0.25) is 0 Å². The first kappa shape index (κ1) is 13.2. The minimum atomic E-state index is -0.310. The van der Waals surface area contributed by atoms with Crippen molar-refractivity contribution in [2.45, 2.75) is 27.2 Å². The van der Waals surface area contributed by atoms with E-state index in [4.69, 9.17) is 4.74 Å². The lowest BCUT2D eigenvalue weighted by molar-refractivity contribution is -0.138. The molecule has 0 fully saturated rings. The van der Waals surface area contributed by atoms with Gasteiger partial charge in [0.15, 0.2) is 0 Å². The fraction of sp³-hybridized carbons (Fsp3) is 0.727. The van der Waals surface area contributed by atoms with E-state index in [9.17, 15) is 4.79 Å². The summed E-state index contributed by atoms with van der Waals surface area (Å²) in [5, 5.41) is 3.22. The summed E-state index contributed by atoms with van der Waals surface area (Å²) in [4.78, 5) is 10.9. The summed E-state index contributed by atoms with van der Waals surface area (Å²) in [6, 6.07) is 0. The first-order valence-corrected chi connectivity index (χ1v) is 5.11. The molecule has 0 aliphatic heterocycles. The molecule has 1 unspecified atom stereocenters. The van der Waals surface area contributed by atoms with Gasteiger partial charge in [-0.1, -0.05) is 26.8 Å². The van der Waals surface area contributed by atoms with Crippen LogP contribution in [0.2, 0.25) is 0 Å². The van der Waals surface area contributed by atoms with Crippen molar-refractivity contribution in [1.82, 2.24) is 5.32 Å². The zero-order chi connectivity index (χ0) is 11.0. The average molecular weight is 199 g/mol. The third-order valence-electron chi connectivity index (χ3n) is 2.05. The number of carbonyl (C=O) groups is 1. The number of ether oxygens (including phenoxy) is 1. The van der Waals surface area contributed by atoms with Gasteiger partial charge < -0.3 is 10.1 Å². The maximum absolute atomic E-state index is 10.9. The van der Waals surface area contributed by atoms with E-state index in [0.717, 1.165) is 6.54 Å². The van der Waals surface area contributed by atoms with Crippen LogP contribution in [0.3, 0.4) is 0 Å². The maximum atomic E-state index is 10.9. The van der Waals surface area contributed by atoms with E-state index < -0.39 is 0 Å². The van der Waals surface area contributed by atoms with Crippen LogP contribution >= 0.6 is 0 Å². The van der Waals surface area contributed by atoms with Crippen molar-refractivity contribution >= 4 is 5.97 Å². The van der Waals surface area contributed by atoms with Crippen molar-refractivity contribution in [3.8, 4) is 0 Å². The number of hydrogen-bond donors (Lipinski definition) is 1. The van der Waals surface area contributed by atoms with E-state index in [1.165, 1.54) is 6.42 Å². The molecule has 0 saturated carbocycles. The monoisotopic (exact) mass is 199 g/mol. The number of hydrogen-bond acceptors (Lipinski definition) is 3. The van der Waals surface area contributed by atoms with E-state index in [0.29, 0.717) is 24.6 Å². The van der Waals surface area contributed by atoms with Crippen LogP contribution in [0.25, 0.3) is 0 Å². The van der Waals surface area contributed by atoms with Gasteiger partial charge in [-0.15, -0.1) is 0 Å². The molecule has 0 aromatic heterocycles. The van der Waals surface area contributed by atoms with Crippen LogP contribution in [0.1, 0.15) is 27.2 Å². The number of nitrogens with one attached hydrogen (secondary N) is 1. The molecule has 0 spiro atoms. The molecule has 0 saturated heterocycles. The Kier molecular flexibility index (Phi) is 7.11. The Hall–Kier alpha value is -0.830. The lowest BCUT2D eigenvalue weighted by atomic mass is 10.1. The van der Waals surface area contributed by atoms with Crippen LogP contribution < -0.4 is 5.32 Å². The Morgan fingerprint density at radius 1 is 1.57 bits per heavy atom. The molecule has 0 aromatic rings. The molecule has 82 valence electrons. The number of esters is 1. The maximum Gasteiger partial charge on any atom is 0.333 e. The highest BCUT2D eigenvalue weighted by molar-refractivity contribution is 5.86. The van der Waals surface area contributed by atoms with Crippen molar-refractivity contribution in [2.24, 2.45) is 5.92 Å². The molecule has 3 heteroatoms. The molecule has 0 aliphatic carbocycles. The minimum absolute atomic E-state index is 0.310. The van der Waals surface area contributed by atoms with E-state index in [1.807, 2.05) is 0 Å². The van der Waals surface area contributed by atoms with E-state index in [2.05, 4.69) is 25.7 Å². The second-order valence-electron chi connectivity index (χ2n) is 3.63. The highest BCUT2D eigenvalue weighted by Crippen LogP contribution is 1.96. The minimum Gasteiger partial charge on any atom is -0.461 e. The molecule has 0 amide bonds. The smallest absolute Gasteiger partial charge is 0.333 e. The molecule has 0 aromatic carbocycles. The van der Waals surface area contributed by atoms with E-state index in [1.54, 1.807) is 6.92 Å². The highest BCUT2D eigenvalue weighted by atomic mass is 16.5.